The fraction of sp³-hybridized carbons (Fsp3) is 0.0526. The van der Waals surface area contributed by atoms with Gasteiger partial charge in [-0.15, -0.1) is 22.7 Å². The van der Waals surface area contributed by atoms with Crippen LogP contribution in [0.5, 0.6) is 0 Å². The average Bonchev–Trinajstić information content (AvgIpc) is 3.78. The third-order valence-corrected chi connectivity index (χ3v) is 11.4. The van der Waals surface area contributed by atoms with Crippen molar-refractivity contribution in [1.82, 2.24) is 9.13 Å². The highest BCUT2D eigenvalue weighted by Gasteiger charge is 2.17. The molecule has 0 aliphatic rings. The summed E-state index contributed by atoms with van der Waals surface area (Å²) in [5.74, 6) is 0. The van der Waals surface area contributed by atoms with Crippen molar-refractivity contribution >= 4 is 108 Å². The topological polar surface area (TPSA) is 9.86 Å². The molecule has 0 bridgehead atoms. The highest BCUT2D eigenvalue weighted by molar-refractivity contribution is 7.22. The van der Waals surface area contributed by atoms with E-state index in [4.69, 9.17) is 0 Å². The van der Waals surface area contributed by atoms with Crippen LogP contribution in [-0.4, -0.2) is 9.13 Å². The van der Waals surface area contributed by atoms with Crippen molar-refractivity contribution in [3.63, 3.8) is 0 Å². The van der Waals surface area contributed by atoms with Crippen molar-refractivity contribution in [3.8, 4) is 10.4 Å². The van der Waals surface area contributed by atoms with E-state index in [9.17, 15) is 0 Å². The summed E-state index contributed by atoms with van der Waals surface area (Å²) in [5.41, 5.74) is 6.45. The van der Waals surface area contributed by atoms with E-state index in [0.29, 0.717) is 0 Å². The molecule has 0 radical (unpaired) electrons. The Balaban J connectivity index is 1.19. The van der Waals surface area contributed by atoms with Crippen LogP contribution in [0.25, 0.3) is 95.8 Å². The van der Waals surface area contributed by atoms with E-state index in [2.05, 4.69) is 132 Å². The Kier molecular flexibility index (Phi) is 4.38. The summed E-state index contributed by atoms with van der Waals surface area (Å²) < 4.78 is 7.50. The molecule has 0 aliphatic heterocycles. The quantitative estimate of drug-likeness (QED) is 0.185. The van der Waals surface area contributed by atoms with Gasteiger partial charge in [0, 0.05) is 71.7 Å². The number of fused-ring (bicyclic) bond motifs is 12. The molecule has 2 nitrogen and oxygen atoms in total. The summed E-state index contributed by atoms with van der Waals surface area (Å²) in [5, 5.41) is 15.3. The summed E-state index contributed by atoms with van der Waals surface area (Å²) in [7, 11) is 4.43. The van der Waals surface area contributed by atoms with Gasteiger partial charge in [0.1, 0.15) is 0 Å². The van der Waals surface area contributed by atoms with Gasteiger partial charge in [0.2, 0.25) is 0 Å². The summed E-state index contributed by atoms with van der Waals surface area (Å²) in [6, 6.07) is 39.0. The van der Waals surface area contributed by atoms with Crippen LogP contribution in [-0.2, 0) is 14.1 Å². The number of rotatable bonds is 1. The number of hydrogen-bond donors (Lipinski definition) is 0. The Bertz CT molecular complexity index is 2720. The summed E-state index contributed by atoms with van der Waals surface area (Å²) in [6.07, 6.45) is 0. The zero-order valence-electron chi connectivity index (χ0n) is 23.1. The number of nitrogens with zero attached hydrogens (tertiary/aromatic N) is 2. The van der Waals surface area contributed by atoms with Crippen LogP contribution in [0.2, 0.25) is 0 Å². The van der Waals surface area contributed by atoms with Crippen LogP contribution in [0.4, 0.5) is 0 Å². The molecule has 0 atom stereocenters. The average molecular weight is 573 g/mol. The molecule has 0 N–H and O–H groups in total. The minimum atomic E-state index is 1.28. The van der Waals surface area contributed by atoms with Crippen molar-refractivity contribution in [2.75, 3.05) is 0 Å². The van der Waals surface area contributed by atoms with Gasteiger partial charge in [-0.05, 0) is 75.0 Å². The Labute approximate surface area is 249 Å². The van der Waals surface area contributed by atoms with Gasteiger partial charge in [0.25, 0.3) is 0 Å². The van der Waals surface area contributed by atoms with Gasteiger partial charge in [0.05, 0.1) is 11.0 Å². The molecule has 198 valence electrons. The third-order valence-electron chi connectivity index (χ3n) is 9.36. The van der Waals surface area contributed by atoms with E-state index in [1.807, 2.05) is 22.7 Å². The second kappa shape index (κ2) is 8.01. The van der Waals surface area contributed by atoms with E-state index in [1.54, 1.807) is 0 Å². The molecule has 4 aromatic heterocycles. The van der Waals surface area contributed by atoms with Crippen molar-refractivity contribution in [3.05, 3.63) is 109 Å². The smallest absolute Gasteiger partial charge is 0.0568 e. The van der Waals surface area contributed by atoms with Gasteiger partial charge in [-0.3, -0.25) is 0 Å². The molecule has 0 saturated carbocycles. The second-order valence-electron chi connectivity index (χ2n) is 11.5. The van der Waals surface area contributed by atoms with Crippen LogP contribution >= 0.6 is 22.7 Å². The molecule has 0 spiro atoms. The number of benzene rings is 6. The lowest BCUT2D eigenvalue weighted by molar-refractivity contribution is 1.01. The van der Waals surface area contributed by atoms with Gasteiger partial charge in [0.15, 0.2) is 0 Å². The second-order valence-corrected chi connectivity index (χ2v) is 13.6. The number of thiophene rings is 2. The van der Waals surface area contributed by atoms with Gasteiger partial charge >= 0.3 is 0 Å². The molecule has 4 heteroatoms. The van der Waals surface area contributed by atoms with E-state index in [0.717, 1.165) is 0 Å². The summed E-state index contributed by atoms with van der Waals surface area (Å²) >= 11 is 3.71. The number of hydrogen-bond acceptors (Lipinski definition) is 2. The van der Waals surface area contributed by atoms with Gasteiger partial charge in [-0.1, -0.05) is 60.7 Å². The van der Waals surface area contributed by atoms with E-state index in [1.165, 1.54) is 95.8 Å². The van der Waals surface area contributed by atoms with Crippen LogP contribution in [0.15, 0.2) is 109 Å². The first-order valence-electron chi connectivity index (χ1n) is 14.3. The predicted molar refractivity (Wildman–Crippen MR) is 186 cm³/mol. The molecule has 0 fully saturated rings. The highest BCUT2D eigenvalue weighted by Crippen LogP contribution is 2.42. The molecule has 0 amide bonds. The normalized spacial score (nSPS) is 12.5. The number of aromatic nitrogens is 2. The van der Waals surface area contributed by atoms with Crippen LogP contribution in [0, 0.1) is 0 Å². The zero-order chi connectivity index (χ0) is 27.7. The fourth-order valence-corrected chi connectivity index (χ4v) is 9.23. The minimum Gasteiger partial charge on any atom is -0.343 e. The Morgan fingerprint density at radius 1 is 0.476 bits per heavy atom. The Hall–Kier alpha value is -4.64. The molecule has 10 rings (SSSR count). The summed E-state index contributed by atoms with van der Waals surface area (Å²) in [4.78, 5) is 1.33. The van der Waals surface area contributed by atoms with Gasteiger partial charge in [-0.25, -0.2) is 0 Å². The maximum absolute atomic E-state index is 2.41. The van der Waals surface area contributed by atoms with Crippen LogP contribution in [0.1, 0.15) is 0 Å². The molecule has 0 saturated heterocycles. The Morgan fingerprint density at radius 3 is 1.93 bits per heavy atom. The van der Waals surface area contributed by atoms with E-state index >= 15 is 0 Å². The van der Waals surface area contributed by atoms with Gasteiger partial charge in [-0.2, -0.15) is 0 Å². The van der Waals surface area contributed by atoms with E-state index in [-0.39, 0.29) is 0 Å². The SMILES string of the molecule is Cn1c2cc3c4ccc5cc(-c6cc7cc8sccc8cc7s6)ccc5c4n(C)c3cc2c2ccc3ccccc3c21. The minimum absolute atomic E-state index is 1.28. The number of aryl methyl sites for hydroxylation is 2. The predicted octanol–water partition coefficient (Wildman–Crippen LogP) is 11.4. The molecule has 6 aromatic carbocycles. The maximum Gasteiger partial charge on any atom is 0.0568 e. The van der Waals surface area contributed by atoms with Crippen molar-refractivity contribution in [2.24, 2.45) is 14.1 Å². The van der Waals surface area contributed by atoms with E-state index < -0.39 is 0 Å². The first-order chi connectivity index (χ1) is 20.6. The fourth-order valence-electron chi connectivity index (χ4n) is 7.32. The van der Waals surface area contributed by atoms with Crippen molar-refractivity contribution in [2.45, 2.75) is 0 Å². The van der Waals surface area contributed by atoms with Crippen LogP contribution in [0.3, 0.4) is 0 Å². The summed E-state index contributed by atoms with van der Waals surface area (Å²) in [6.45, 7) is 0. The molecule has 0 aliphatic carbocycles. The molecule has 10 aromatic rings. The molecule has 0 unspecified atom stereocenters. The molecule has 4 heterocycles. The standard InChI is InChI=1S/C38H24N2S2/c1-39-32-20-31-29-12-8-22-15-23(35-18-25-17-34-24(13-14-41-34)16-36(25)42-35)9-10-27(22)38(29)40(2)33(31)19-30(32)28-11-7-21-5-3-4-6-26(21)37(28)39/h3-20H,1-2H3. The largest absolute Gasteiger partial charge is 0.343 e. The maximum atomic E-state index is 2.41. The molecule has 42 heavy (non-hydrogen) atoms. The lowest BCUT2D eigenvalue weighted by Crippen LogP contribution is -1.89. The Morgan fingerprint density at radius 2 is 1.14 bits per heavy atom. The first-order valence-corrected chi connectivity index (χ1v) is 16.0. The zero-order valence-corrected chi connectivity index (χ0v) is 24.7. The highest BCUT2D eigenvalue weighted by atomic mass is 32.1. The van der Waals surface area contributed by atoms with Crippen molar-refractivity contribution in [1.29, 1.82) is 0 Å². The van der Waals surface area contributed by atoms with Gasteiger partial charge < -0.3 is 9.13 Å². The van der Waals surface area contributed by atoms with Crippen LogP contribution < -0.4 is 0 Å². The monoisotopic (exact) mass is 572 g/mol. The molecular weight excluding hydrogens is 549 g/mol. The lowest BCUT2D eigenvalue weighted by Gasteiger charge is -2.06. The van der Waals surface area contributed by atoms with Crippen molar-refractivity contribution < 1.29 is 0 Å². The lowest BCUT2D eigenvalue weighted by atomic mass is 10.0. The molecular formula is C38H24N2S2. The third kappa shape index (κ3) is 2.93. The first kappa shape index (κ1) is 23.0.